The lowest BCUT2D eigenvalue weighted by Crippen LogP contribution is -2.70. The average molecular weight is 600 g/mol. The van der Waals surface area contributed by atoms with Gasteiger partial charge < -0.3 is 24.4 Å². The summed E-state index contributed by atoms with van der Waals surface area (Å²) < 4.78 is 51.7. The molecule has 0 unspecified atom stereocenters. The van der Waals surface area contributed by atoms with E-state index in [2.05, 4.69) is 4.90 Å². The third-order valence-corrected chi connectivity index (χ3v) is 11.7. The van der Waals surface area contributed by atoms with Crippen LogP contribution in [0, 0.1) is 22.7 Å². The first-order valence-electron chi connectivity index (χ1n) is 15.3. The fourth-order valence-electron chi connectivity index (χ4n) is 9.51. The molecule has 5 fully saturated rings. The molecular weight excluding hydrogens is 560 g/mol. The van der Waals surface area contributed by atoms with Gasteiger partial charge in [-0.05, 0) is 55.4 Å². The molecule has 10 heteroatoms. The molecule has 0 bridgehead atoms. The third kappa shape index (κ3) is 3.93. The van der Waals surface area contributed by atoms with Gasteiger partial charge >= 0.3 is 0 Å². The number of rotatable bonds is 5. The first-order valence-corrected chi connectivity index (χ1v) is 15.3. The molecule has 8 nitrogen and oxygen atoms in total. The highest BCUT2D eigenvalue weighted by Crippen LogP contribution is 2.72. The van der Waals surface area contributed by atoms with E-state index in [4.69, 9.17) is 14.2 Å². The topological polar surface area (TPSA) is 106 Å². The van der Waals surface area contributed by atoms with Crippen molar-refractivity contribution in [3.63, 3.8) is 0 Å². The van der Waals surface area contributed by atoms with Gasteiger partial charge in [0.1, 0.15) is 12.8 Å². The normalized spacial score (nSPS) is 45.6. The Morgan fingerprint density at radius 2 is 1.84 bits per heavy atom. The summed E-state index contributed by atoms with van der Waals surface area (Å²) >= 11 is 0. The van der Waals surface area contributed by atoms with Crippen LogP contribution >= 0.6 is 0 Å². The maximum atomic E-state index is 17.5. The zero-order chi connectivity index (χ0) is 30.4. The van der Waals surface area contributed by atoms with Gasteiger partial charge in [-0.1, -0.05) is 37.3 Å². The number of ether oxygens (including phenoxy) is 3. The van der Waals surface area contributed by atoms with E-state index in [0.717, 1.165) is 31.3 Å². The number of nitrogens with zero attached hydrogens (tertiary/aromatic N) is 1. The number of ketones is 2. The molecule has 0 amide bonds. The Balaban J connectivity index is 1.20. The maximum Gasteiger partial charge on any atom is 0.193 e. The molecule has 7 rings (SSSR count). The molecule has 6 aliphatic rings. The first kappa shape index (κ1) is 29.4. The van der Waals surface area contributed by atoms with Crippen LogP contribution in [-0.4, -0.2) is 89.2 Å². The molecule has 10 atom stereocenters. The van der Waals surface area contributed by atoms with Gasteiger partial charge in [0.25, 0.3) is 0 Å². The SMILES string of the molecule is C[C@]12C=CC(=O)C=C1[C@@H](F)C[C@H]1[C@@H]3C[C@H]4O[C@@H](c5ccc(CN6CCOCC6)cc5)O[C@@]4(C(=O)CO)[C@@]3(C)C[C@H](O)[C@@]12F. The van der Waals surface area contributed by atoms with Crippen molar-refractivity contribution in [2.75, 3.05) is 32.9 Å². The molecule has 1 aromatic rings. The van der Waals surface area contributed by atoms with E-state index in [0.29, 0.717) is 18.8 Å². The Labute approximate surface area is 249 Å². The van der Waals surface area contributed by atoms with Gasteiger partial charge in [-0.15, -0.1) is 0 Å². The van der Waals surface area contributed by atoms with Crippen LogP contribution in [0.4, 0.5) is 8.78 Å². The number of carbonyl (C=O) groups is 2. The van der Waals surface area contributed by atoms with Crippen LogP contribution in [0.15, 0.2) is 48.1 Å². The van der Waals surface area contributed by atoms with E-state index >= 15 is 8.78 Å². The molecule has 2 saturated heterocycles. The molecule has 0 aromatic heterocycles. The van der Waals surface area contributed by atoms with Crippen LogP contribution in [0.25, 0.3) is 0 Å². The second-order valence-electron chi connectivity index (χ2n) is 13.6. The molecule has 2 N–H and O–H groups in total. The van der Waals surface area contributed by atoms with E-state index in [9.17, 15) is 19.8 Å². The summed E-state index contributed by atoms with van der Waals surface area (Å²) in [5.74, 6) is -2.55. The molecule has 2 heterocycles. The number of alkyl halides is 2. The Kier molecular flexibility index (Phi) is 6.89. The van der Waals surface area contributed by atoms with Gasteiger partial charge in [0.05, 0.1) is 25.4 Å². The van der Waals surface area contributed by atoms with Crippen molar-refractivity contribution >= 4 is 11.6 Å². The van der Waals surface area contributed by atoms with Crippen LogP contribution in [0.3, 0.4) is 0 Å². The van der Waals surface area contributed by atoms with Gasteiger partial charge in [0.2, 0.25) is 0 Å². The van der Waals surface area contributed by atoms with E-state index in [-0.39, 0.29) is 24.8 Å². The Hall–Kier alpha value is -2.34. The van der Waals surface area contributed by atoms with Crippen molar-refractivity contribution in [1.29, 1.82) is 0 Å². The number of hydrogen-bond acceptors (Lipinski definition) is 8. The lowest BCUT2D eigenvalue weighted by atomic mass is 9.44. The van der Waals surface area contributed by atoms with Gasteiger partial charge in [-0.2, -0.15) is 0 Å². The summed E-state index contributed by atoms with van der Waals surface area (Å²) in [5.41, 5.74) is -4.72. The fraction of sp³-hybridized carbons (Fsp3) is 0.636. The Bertz CT molecular complexity index is 1380. The third-order valence-electron chi connectivity index (χ3n) is 11.7. The number of allylic oxidation sites excluding steroid dienone is 4. The summed E-state index contributed by atoms with van der Waals surface area (Å²) in [4.78, 5) is 28.1. The number of morpholine rings is 1. The molecular formula is C33H39F2NO7. The number of hydrogen-bond donors (Lipinski definition) is 2. The van der Waals surface area contributed by atoms with Gasteiger partial charge in [0, 0.05) is 41.9 Å². The zero-order valence-corrected chi connectivity index (χ0v) is 24.5. The van der Waals surface area contributed by atoms with E-state index < -0.39 is 76.8 Å². The number of fused-ring (bicyclic) bond motifs is 7. The minimum Gasteiger partial charge on any atom is -0.390 e. The van der Waals surface area contributed by atoms with Crippen molar-refractivity contribution in [3.8, 4) is 0 Å². The molecule has 0 radical (unpaired) electrons. The number of Topliss-reactive ketones (excluding diaryl/α,β-unsaturated/α-hetero) is 1. The fourth-order valence-corrected chi connectivity index (χ4v) is 9.51. The first-order chi connectivity index (χ1) is 20.5. The smallest absolute Gasteiger partial charge is 0.193 e. The van der Waals surface area contributed by atoms with Gasteiger partial charge in [-0.3, -0.25) is 14.5 Å². The number of aliphatic hydroxyl groups is 2. The van der Waals surface area contributed by atoms with Gasteiger partial charge in [-0.25, -0.2) is 8.78 Å². The number of benzene rings is 1. The van der Waals surface area contributed by atoms with Crippen molar-refractivity contribution in [3.05, 3.63) is 59.2 Å². The second kappa shape index (κ2) is 10.1. The van der Waals surface area contributed by atoms with Crippen molar-refractivity contribution < 1.29 is 42.8 Å². The predicted molar refractivity (Wildman–Crippen MR) is 150 cm³/mol. The largest absolute Gasteiger partial charge is 0.390 e. The molecule has 4 aliphatic carbocycles. The van der Waals surface area contributed by atoms with Crippen LogP contribution in [0.5, 0.6) is 0 Å². The maximum absolute atomic E-state index is 17.5. The highest BCUT2D eigenvalue weighted by atomic mass is 19.1. The average Bonchev–Trinajstić information content (AvgIpc) is 3.49. The second-order valence-corrected chi connectivity index (χ2v) is 13.6. The summed E-state index contributed by atoms with van der Waals surface area (Å²) in [7, 11) is 0. The van der Waals surface area contributed by atoms with Crippen LogP contribution in [0.2, 0.25) is 0 Å². The molecule has 232 valence electrons. The summed E-state index contributed by atoms with van der Waals surface area (Å²) in [6.45, 7) is 6.46. The van der Waals surface area contributed by atoms with Crippen LogP contribution in [-0.2, 0) is 30.3 Å². The Morgan fingerprint density at radius 3 is 2.53 bits per heavy atom. The number of halogens is 2. The number of carbonyl (C=O) groups excluding carboxylic acids is 2. The molecule has 1 aromatic carbocycles. The quantitative estimate of drug-likeness (QED) is 0.532. The molecule has 0 spiro atoms. The summed E-state index contributed by atoms with van der Waals surface area (Å²) in [5, 5.41) is 21.8. The van der Waals surface area contributed by atoms with E-state index in [1.54, 1.807) is 13.8 Å². The zero-order valence-electron chi connectivity index (χ0n) is 24.5. The highest BCUT2D eigenvalue weighted by Gasteiger charge is 2.80. The summed E-state index contributed by atoms with van der Waals surface area (Å²) in [6, 6.07) is 7.80. The van der Waals surface area contributed by atoms with Crippen molar-refractivity contribution in [1.82, 2.24) is 4.90 Å². The lowest BCUT2D eigenvalue weighted by molar-refractivity contribution is -0.235. The minimum absolute atomic E-state index is 0.0466. The van der Waals surface area contributed by atoms with Crippen molar-refractivity contribution in [2.45, 2.75) is 75.6 Å². The van der Waals surface area contributed by atoms with Gasteiger partial charge in [0.15, 0.2) is 29.1 Å². The highest BCUT2D eigenvalue weighted by molar-refractivity contribution is 6.01. The summed E-state index contributed by atoms with van der Waals surface area (Å²) in [6.07, 6.45) is -1.27. The Morgan fingerprint density at radius 1 is 1.12 bits per heavy atom. The van der Waals surface area contributed by atoms with Crippen molar-refractivity contribution in [2.24, 2.45) is 22.7 Å². The van der Waals surface area contributed by atoms with Crippen LogP contribution in [0.1, 0.15) is 50.5 Å². The number of aliphatic hydroxyl groups excluding tert-OH is 2. The van der Waals surface area contributed by atoms with Crippen LogP contribution < -0.4 is 0 Å². The monoisotopic (exact) mass is 599 g/mol. The lowest BCUT2D eigenvalue weighted by Gasteiger charge is -2.63. The van der Waals surface area contributed by atoms with E-state index in [1.807, 2.05) is 24.3 Å². The predicted octanol–water partition coefficient (Wildman–Crippen LogP) is 3.16. The molecule has 3 saturated carbocycles. The molecule has 2 aliphatic heterocycles. The molecule has 43 heavy (non-hydrogen) atoms. The standard InChI is InChI=1S/C33H39F2NO7/c1-30-8-7-21(38)13-24(30)25(34)14-23-22-15-28-33(27(40)18-37,31(22,2)16-26(39)32(23,30)35)43-29(42-28)20-5-3-19(4-6-20)17-36-9-11-41-12-10-36/h3-8,13,22-23,25-26,28-29,37,39H,9-12,14-18H2,1-2H3/t22-,23-,25-,26-,28+,29+,30-,31-,32-,33+/m0/s1. The minimum atomic E-state index is -2.28. The van der Waals surface area contributed by atoms with E-state index in [1.165, 1.54) is 12.2 Å².